The van der Waals surface area contributed by atoms with Gasteiger partial charge in [0.2, 0.25) is 11.8 Å². The topological polar surface area (TPSA) is 83.5 Å². The van der Waals surface area contributed by atoms with Gasteiger partial charge in [-0.2, -0.15) is 5.10 Å². The molecule has 8 heteroatoms. The first-order chi connectivity index (χ1) is 11.6. The average molecular weight is 349 g/mol. The van der Waals surface area contributed by atoms with Crippen molar-refractivity contribution >= 4 is 29.6 Å². The maximum absolute atomic E-state index is 13.5. The Balaban J connectivity index is 1.78. The third-order valence-corrected chi connectivity index (χ3v) is 3.25. The Morgan fingerprint density at radius 3 is 2.79 bits per heavy atom. The predicted octanol–water partition coefficient (Wildman–Crippen LogP) is 2.03. The van der Waals surface area contributed by atoms with Crippen LogP contribution >= 0.6 is 11.6 Å². The summed E-state index contributed by atoms with van der Waals surface area (Å²) in [5.74, 6) is -1.65. The Hall–Kier alpha value is -2.80. The maximum Gasteiger partial charge on any atom is 0.249 e. The highest BCUT2D eigenvalue weighted by molar-refractivity contribution is 6.33. The van der Waals surface area contributed by atoms with Gasteiger partial charge in [0.05, 0.1) is 11.2 Å². The van der Waals surface area contributed by atoms with Crippen LogP contribution in [0.5, 0.6) is 0 Å². The number of pyridine rings is 1. The quantitative estimate of drug-likeness (QED) is 0.476. The summed E-state index contributed by atoms with van der Waals surface area (Å²) in [5.41, 5.74) is 3.02. The first-order valence-electron chi connectivity index (χ1n) is 6.98. The fourth-order valence-electron chi connectivity index (χ4n) is 1.75. The molecule has 2 amide bonds. The second-order valence-electron chi connectivity index (χ2n) is 4.74. The molecule has 1 heterocycles. The van der Waals surface area contributed by atoms with Crippen LogP contribution in [0.3, 0.4) is 0 Å². The number of rotatable bonds is 6. The zero-order valence-electron chi connectivity index (χ0n) is 12.5. The van der Waals surface area contributed by atoms with Crippen molar-refractivity contribution in [2.45, 2.75) is 13.0 Å². The third kappa shape index (κ3) is 5.44. The molecule has 0 aliphatic rings. The summed E-state index contributed by atoms with van der Waals surface area (Å²) in [4.78, 5) is 27.2. The SMILES string of the molecule is O=C(CC(=O)N/N=C\c1c(F)cccc1Cl)NCc1cccnc1. The Morgan fingerprint density at radius 2 is 2.08 bits per heavy atom. The Morgan fingerprint density at radius 1 is 1.25 bits per heavy atom. The second-order valence-corrected chi connectivity index (χ2v) is 5.15. The van der Waals surface area contributed by atoms with Crippen molar-refractivity contribution in [3.63, 3.8) is 0 Å². The summed E-state index contributed by atoms with van der Waals surface area (Å²) in [6, 6.07) is 7.73. The fraction of sp³-hybridized carbons (Fsp3) is 0.125. The summed E-state index contributed by atoms with van der Waals surface area (Å²) in [6.45, 7) is 0.272. The predicted molar refractivity (Wildman–Crippen MR) is 87.8 cm³/mol. The van der Waals surface area contributed by atoms with E-state index in [1.165, 1.54) is 18.2 Å². The van der Waals surface area contributed by atoms with Crippen molar-refractivity contribution < 1.29 is 14.0 Å². The molecule has 24 heavy (non-hydrogen) atoms. The summed E-state index contributed by atoms with van der Waals surface area (Å²) >= 11 is 5.82. The van der Waals surface area contributed by atoms with E-state index in [1.807, 2.05) is 0 Å². The van der Waals surface area contributed by atoms with E-state index >= 15 is 0 Å². The molecule has 0 unspecified atom stereocenters. The van der Waals surface area contributed by atoms with Crippen molar-refractivity contribution in [1.82, 2.24) is 15.7 Å². The number of aromatic nitrogens is 1. The van der Waals surface area contributed by atoms with Crippen molar-refractivity contribution in [2.75, 3.05) is 0 Å². The second kappa shape index (κ2) is 8.73. The van der Waals surface area contributed by atoms with Crippen LogP contribution in [-0.4, -0.2) is 23.0 Å². The average Bonchev–Trinajstić information content (AvgIpc) is 2.56. The Labute approximate surface area is 142 Å². The zero-order valence-corrected chi connectivity index (χ0v) is 13.3. The first kappa shape index (κ1) is 17.6. The molecule has 124 valence electrons. The number of hydrogen-bond acceptors (Lipinski definition) is 4. The molecule has 0 spiro atoms. The van der Waals surface area contributed by atoms with Gasteiger partial charge in [-0.3, -0.25) is 14.6 Å². The molecule has 0 bridgehead atoms. The minimum atomic E-state index is -0.623. The van der Waals surface area contributed by atoms with Gasteiger partial charge in [0.25, 0.3) is 0 Å². The highest BCUT2D eigenvalue weighted by atomic mass is 35.5. The van der Waals surface area contributed by atoms with Gasteiger partial charge >= 0.3 is 0 Å². The molecule has 2 aromatic rings. The Bertz CT molecular complexity index is 733. The van der Waals surface area contributed by atoms with Crippen molar-refractivity contribution in [1.29, 1.82) is 0 Å². The number of carbonyl (C=O) groups is 2. The number of carbonyl (C=O) groups excluding carboxylic acids is 2. The van der Waals surface area contributed by atoms with Gasteiger partial charge in [-0.05, 0) is 23.8 Å². The van der Waals surface area contributed by atoms with E-state index in [4.69, 9.17) is 11.6 Å². The number of hydrazone groups is 1. The van der Waals surface area contributed by atoms with Gasteiger partial charge < -0.3 is 5.32 Å². The monoisotopic (exact) mass is 348 g/mol. The van der Waals surface area contributed by atoms with E-state index in [2.05, 4.69) is 20.8 Å². The normalized spacial score (nSPS) is 10.6. The number of amides is 2. The van der Waals surface area contributed by atoms with E-state index in [0.29, 0.717) is 0 Å². The molecule has 0 atom stereocenters. The van der Waals surface area contributed by atoms with Crippen LogP contribution in [0.25, 0.3) is 0 Å². The highest BCUT2D eigenvalue weighted by Crippen LogP contribution is 2.16. The molecule has 2 N–H and O–H groups in total. The van der Waals surface area contributed by atoms with Gasteiger partial charge in [-0.25, -0.2) is 9.82 Å². The number of benzene rings is 1. The summed E-state index contributed by atoms with van der Waals surface area (Å²) in [7, 11) is 0. The van der Waals surface area contributed by atoms with Crippen LogP contribution in [-0.2, 0) is 16.1 Å². The van der Waals surface area contributed by atoms with Crippen LogP contribution in [0.4, 0.5) is 4.39 Å². The smallest absolute Gasteiger partial charge is 0.249 e. The minimum absolute atomic E-state index is 0.0560. The number of hydrogen-bond donors (Lipinski definition) is 2. The molecular weight excluding hydrogens is 335 g/mol. The molecule has 0 saturated heterocycles. The molecule has 1 aromatic carbocycles. The van der Waals surface area contributed by atoms with Crippen molar-refractivity contribution in [3.8, 4) is 0 Å². The minimum Gasteiger partial charge on any atom is -0.352 e. The van der Waals surface area contributed by atoms with E-state index in [-0.39, 0.29) is 17.1 Å². The molecule has 0 saturated carbocycles. The number of halogens is 2. The van der Waals surface area contributed by atoms with E-state index in [9.17, 15) is 14.0 Å². The van der Waals surface area contributed by atoms with Crippen LogP contribution in [0.15, 0.2) is 47.8 Å². The highest BCUT2D eigenvalue weighted by Gasteiger charge is 2.09. The molecule has 0 fully saturated rings. The molecule has 6 nitrogen and oxygen atoms in total. The summed E-state index contributed by atoms with van der Waals surface area (Å²) in [5, 5.41) is 6.35. The molecular formula is C16H14ClFN4O2. The molecule has 0 aliphatic heterocycles. The summed E-state index contributed by atoms with van der Waals surface area (Å²) in [6.07, 6.45) is 3.92. The van der Waals surface area contributed by atoms with Gasteiger partial charge in [0.1, 0.15) is 12.2 Å². The lowest BCUT2D eigenvalue weighted by Gasteiger charge is -2.04. The molecule has 2 rings (SSSR count). The standard InChI is InChI=1S/C16H14ClFN4O2/c17-13-4-1-5-14(18)12(13)10-21-22-16(24)7-15(23)20-9-11-3-2-6-19-8-11/h1-6,8,10H,7,9H2,(H,20,23)(H,22,24)/b21-10-. The van der Waals surface area contributed by atoms with Crippen LogP contribution < -0.4 is 10.7 Å². The lowest BCUT2D eigenvalue weighted by Crippen LogP contribution is -2.29. The lowest BCUT2D eigenvalue weighted by molar-refractivity contribution is -0.129. The number of nitrogens with one attached hydrogen (secondary N) is 2. The fourth-order valence-corrected chi connectivity index (χ4v) is 1.97. The van der Waals surface area contributed by atoms with Crippen molar-refractivity contribution in [3.05, 3.63) is 64.7 Å². The van der Waals surface area contributed by atoms with Crippen LogP contribution in [0, 0.1) is 5.82 Å². The maximum atomic E-state index is 13.5. The van der Waals surface area contributed by atoms with Gasteiger partial charge in [0.15, 0.2) is 0 Å². The van der Waals surface area contributed by atoms with E-state index in [0.717, 1.165) is 11.8 Å². The van der Waals surface area contributed by atoms with Crippen LogP contribution in [0.1, 0.15) is 17.5 Å². The first-order valence-corrected chi connectivity index (χ1v) is 7.35. The van der Waals surface area contributed by atoms with E-state index in [1.54, 1.807) is 24.5 Å². The number of nitrogens with zero attached hydrogens (tertiary/aromatic N) is 2. The Kier molecular flexibility index (Phi) is 6.39. The van der Waals surface area contributed by atoms with Gasteiger partial charge in [-0.1, -0.05) is 23.7 Å². The van der Waals surface area contributed by atoms with Gasteiger partial charge in [-0.15, -0.1) is 0 Å². The molecule has 0 radical (unpaired) electrons. The molecule has 0 aliphatic carbocycles. The summed E-state index contributed by atoms with van der Waals surface area (Å²) < 4.78 is 13.5. The van der Waals surface area contributed by atoms with Crippen molar-refractivity contribution in [2.24, 2.45) is 5.10 Å². The zero-order chi connectivity index (χ0) is 17.4. The largest absolute Gasteiger partial charge is 0.352 e. The molecule has 1 aromatic heterocycles. The third-order valence-electron chi connectivity index (χ3n) is 2.92. The van der Waals surface area contributed by atoms with Gasteiger partial charge in [0, 0.05) is 24.5 Å². The van der Waals surface area contributed by atoms with E-state index < -0.39 is 24.1 Å². The lowest BCUT2D eigenvalue weighted by atomic mass is 10.2. The van der Waals surface area contributed by atoms with Crippen LogP contribution in [0.2, 0.25) is 5.02 Å².